The summed E-state index contributed by atoms with van der Waals surface area (Å²) in [6, 6.07) is 10.7. The van der Waals surface area contributed by atoms with Crippen molar-refractivity contribution in [2.45, 2.75) is 19.8 Å². The highest BCUT2D eigenvalue weighted by molar-refractivity contribution is 6.33. The van der Waals surface area contributed by atoms with Crippen LogP contribution in [0, 0.1) is 0 Å². The Morgan fingerprint density at radius 3 is 2.40 bits per heavy atom. The summed E-state index contributed by atoms with van der Waals surface area (Å²) in [6.07, 6.45) is 0. The van der Waals surface area contributed by atoms with Crippen LogP contribution in [-0.2, 0) is 0 Å². The third kappa shape index (κ3) is 3.71. The maximum atomic E-state index is 12.1. The molecule has 5 heteroatoms. The van der Waals surface area contributed by atoms with Gasteiger partial charge in [0.25, 0.3) is 5.91 Å². The average Bonchev–Trinajstić information content (AvgIpc) is 2.37. The van der Waals surface area contributed by atoms with Crippen LogP contribution in [0.5, 0.6) is 0 Å². The van der Waals surface area contributed by atoms with Crippen LogP contribution < -0.4 is 5.32 Å². The Labute approximate surface area is 127 Å². The van der Waals surface area contributed by atoms with E-state index in [9.17, 15) is 4.79 Å². The predicted molar refractivity (Wildman–Crippen MR) is 82.7 cm³/mol. The molecule has 1 aromatic carbocycles. The van der Waals surface area contributed by atoms with Gasteiger partial charge in [-0.2, -0.15) is 0 Å². The van der Waals surface area contributed by atoms with Gasteiger partial charge in [-0.05, 0) is 35.7 Å². The van der Waals surface area contributed by atoms with Crippen LogP contribution in [0.4, 0.5) is 5.69 Å². The maximum absolute atomic E-state index is 12.1. The van der Waals surface area contributed by atoms with Crippen LogP contribution in [0.2, 0.25) is 10.3 Å². The Balaban J connectivity index is 2.21. The van der Waals surface area contributed by atoms with Crippen molar-refractivity contribution >= 4 is 34.8 Å². The number of carbonyl (C=O) groups excluding carboxylic acids is 1. The molecule has 20 heavy (non-hydrogen) atoms. The molecular formula is C15H14Cl2N2O. The van der Waals surface area contributed by atoms with Gasteiger partial charge in [-0.1, -0.05) is 49.2 Å². The van der Waals surface area contributed by atoms with Crippen LogP contribution in [0.3, 0.4) is 0 Å². The van der Waals surface area contributed by atoms with Crippen LogP contribution in [0.15, 0.2) is 36.4 Å². The average molecular weight is 309 g/mol. The molecule has 0 atom stereocenters. The molecule has 0 radical (unpaired) electrons. The van der Waals surface area contributed by atoms with Gasteiger partial charge in [-0.25, -0.2) is 4.98 Å². The minimum absolute atomic E-state index is 0.193. The summed E-state index contributed by atoms with van der Waals surface area (Å²) in [6.45, 7) is 4.20. The van der Waals surface area contributed by atoms with Crippen LogP contribution in [-0.4, -0.2) is 10.9 Å². The van der Waals surface area contributed by atoms with Gasteiger partial charge in [-0.3, -0.25) is 4.79 Å². The quantitative estimate of drug-likeness (QED) is 0.830. The van der Waals surface area contributed by atoms with Crippen molar-refractivity contribution in [3.05, 3.63) is 57.8 Å². The number of nitrogens with zero attached hydrogens (tertiary/aromatic N) is 1. The lowest BCUT2D eigenvalue weighted by molar-refractivity contribution is 0.102. The molecule has 0 bridgehead atoms. The number of benzene rings is 1. The molecule has 2 aromatic rings. The van der Waals surface area contributed by atoms with Crippen molar-refractivity contribution < 1.29 is 4.79 Å². The lowest BCUT2D eigenvalue weighted by Crippen LogP contribution is -2.12. The maximum Gasteiger partial charge on any atom is 0.255 e. The smallest absolute Gasteiger partial charge is 0.255 e. The van der Waals surface area contributed by atoms with E-state index >= 15 is 0 Å². The molecule has 0 aliphatic heterocycles. The molecule has 0 aliphatic carbocycles. The summed E-state index contributed by atoms with van der Waals surface area (Å²) in [7, 11) is 0. The summed E-state index contributed by atoms with van der Waals surface area (Å²) in [5.41, 5.74) is 2.28. The van der Waals surface area contributed by atoms with Gasteiger partial charge in [0.1, 0.15) is 10.3 Å². The second-order valence-corrected chi connectivity index (χ2v) is 5.51. The van der Waals surface area contributed by atoms with E-state index in [2.05, 4.69) is 24.1 Å². The second-order valence-electron chi connectivity index (χ2n) is 4.74. The fraction of sp³-hybridized carbons (Fsp3) is 0.200. The zero-order valence-corrected chi connectivity index (χ0v) is 12.7. The number of amides is 1. The summed E-state index contributed by atoms with van der Waals surface area (Å²) in [5.74, 6) is 0.133. The SMILES string of the molecule is CC(C)c1cccc(NC(=O)c2cc(Cl)nc(Cl)c2)c1. The van der Waals surface area contributed by atoms with Crippen LogP contribution in [0.1, 0.15) is 35.7 Å². The molecule has 1 heterocycles. The highest BCUT2D eigenvalue weighted by Gasteiger charge is 2.10. The van der Waals surface area contributed by atoms with Crippen molar-refractivity contribution in [2.24, 2.45) is 0 Å². The first-order valence-corrected chi connectivity index (χ1v) is 6.95. The van der Waals surface area contributed by atoms with E-state index in [4.69, 9.17) is 23.2 Å². The number of anilines is 1. The fourth-order valence-corrected chi connectivity index (χ4v) is 2.24. The third-order valence-electron chi connectivity index (χ3n) is 2.84. The van der Waals surface area contributed by atoms with Crippen molar-refractivity contribution in [3.8, 4) is 0 Å². The number of nitrogens with one attached hydrogen (secondary N) is 1. The zero-order chi connectivity index (χ0) is 14.7. The van der Waals surface area contributed by atoms with Gasteiger partial charge in [0.05, 0.1) is 0 Å². The molecule has 0 aliphatic rings. The van der Waals surface area contributed by atoms with Crippen LogP contribution in [0.25, 0.3) is 0 Å². The van der Waals surface area contributed by atoms with Crippen molar-refractivity contribution in [2.75, 3.05) is 5.32 Å². The number of halogens is 2. The minimum atomic E-state index is -0.267. The highest BCUT2D eigenvalue weighted by Crippen LogP contribution is 2.20. The number of pyridine rings is 1. The van der Waals surface area contributed by atoms with Gasteiger partial charge in [0.2, 0.25) is 0 Å². The summed E-state index contributed by atoms with van der Waals surface area (Å²) >= 11 is 11.6. The van der Waals surface area contributed by atoms with Gasteiger partial charge in [-0.15, -0.1) is 0 Å². The van der Waals surface area contributed by atoms with Gasteiger partial charge >= 0.3 is 0 Å². The predicted octanol–water partition coefficient (Wildman–Crippen LogP) is 4.76. The van der Waals surface area contributed by atoms with Gasteiger partial charge in [0, 0.05) is 11.3 Å². The molecule has 2 rings (SSSR count). The lowest BCUT2D eigenvalue weighted by atomic mass is 10.0. The van der Waals surface area contributed by atoms with Crippen molar-refractivity contribution in [1.29, 1.82) is 0 Å². The molecule has 0 spiro atoms. The van der Waals surface area contributed by atoms with E-state index in [1.807, 2.05) is 24.3 Å². The largest absolute Gasteiger partial charge is 0.322 e. The monoisotopic (exact) mass is 308 g/mol. The van der Waals surface area contributed by atoms with E-state index < -0.39 is 0 Å². The third-order valence-corrected chi connectivity index (χ3v) is 3.22. The molecule has 0 saturated carbocycles. The molecule has 1 N–H and O–H groups in total. The van der Waals surface area contributed by atoms with Crippen molar-refractivity contribution in [1.82, 2.24) is 4.98 Å². The highest BCUT2D eigenvalue weighted by atomic mass is 35.5. The standard InChI is InChI=1S/C15H14Cl2N2O/c1-9(2)10-4-3-5-12(6-10)18-15(20)11-7-13(16)19-14(17)8-11/h3-9H,1-2H3,(H,18,20). The topological polar surface area (TPSA) is 42.0 Å². The summed E-state index contributed by atoms with van der Waals surface area (Å²) < 4.78 is 0. The molecule has 3 nitrogen and oxygen atoms in total. The Bertz CT molecular complexity index is 621. The first kappa shape index (κ1) is 14.8. The minimum Gasteiger partial charge on any atom is -0.322 e. The van der Waals surface area contributed by atoms with E-state index in [0.29, 0.717) is 11.5 Å². The molecule has 0 unspecified atom stereocenters. The molecular weight excluding hydrogens is 295 g/mol. The Morgan fingerprint density at radius 2 is 1.80 bits per heavy atom. The first-order chi connectivity index (χ1) is 9.45. The Morgan fingerprint density at radius 1 is 1.15 bits per heavy atom. The number of carbonyl (C=O) groups is 1. The number of hydrogen-bond donors (Lipinski definition) is 1. The molecule has 1 amide bonds. The van der Waals surface area contributed by atoms with E-state index in [1.165, 1.54) is 12.1 Å². The first-order valence-electron chi connectivity index (χ1n) is 6.20. The molecule has 104 valence electrons. The summed E-state index contributed by atoms with van der Waals surface area (Å²) in [4.78, 5) is 16.0. The van der Waals surface area contributed by atoms with Crippen molar-refractivity contribution in [3.63, 3.8) is 0 Å². The Hall–Kier alpha value is -1.58. The zero-order valence-electron chi connectivity index (χ0n) is 11.2. The summed E-state index contributed by atoms with van der Waals surface area (Å²) in [5, 5.41) is 3.21. The number of aromatic nitrogens is 1. The number of hydrogen-bond acceptors (Lipinski definition) is 2. The molecule has 0 saturated heterocycles. The van der Waals surface area contributed by atoms with E-state index in [1.54, 1.807) is 0 Å². The lowest BCUT2D eigenvalue weighted by Gasteiger charge is -2.10. The molecule has 0 fully saturated rings. The van der Waals surface area contributed by atoms with Gasteiger partial charge < -0.3 is 5.32 Å². The van der Waals surface area contributed by atoms with Gasteiger partial charge in [0.15, 0.2) is 0 Å². The van der Waals surface area contributed by atoms with E-state index in [0.717, 1.165) is 11.3 Å². The Kier molecular flexibility index (Phi) is 4.63. The fourth-order valence-electron chi connectivity index (χ4n) is 1.77. The van der Waals surface area contributed by atoms with E-state index in [-0.39, 0.29) is 16.2 Å². The number of rotatable bonds is 3. The normalized spacial score (nSPS) is 10.7. The molecule has 1 aromatic heterocycles. The second kappa shape index (κ2) is 6.25. The van der Waals surface area contributed by atoms with Crippen LogP contribution >= 0.6 is 23.2 Å².